The van der Waals surface area contributed by atoms with Crippen LogP contribution in [0.25, 0.3) is 16.6 Å². The van der Waals surface area contributed by atoms with Crippen LogP contribution in [0.4, 0.5) is 11.5 Å². The lowest BCUT2D eigenvalue weighted by molar-refractivity contribution is 0.0699. The van der Waals surface area contributed by atoms with Crippen molar-refractivity contribution in [2.24, 2.45) is 0 Å². The van der Waals surface area contributed by atoms with Crippen molar-refractivity contribution in [3.05, 3.63) is 66.6 Å². The highest BCUT2D eigenvalue weighted by Gasteiger charge is 2.17. The van der Waals surface area contributed by atoms with Crippen LogP contribution < -0.4 is 5.32 Å². The van der Waals surface area contributed by atoms with E-state index in [9.17, 15) is 9.90 Å². The third-order valence-electron chi connectivity index (χ3n) is 3.65. The topological polar surface area (TPSA) is 79.5 Å². The molecule has 4 aromatic rings. The summed E-state index contributed by atoms with van der Waals surface area (Å²) in [5.41, 5.74) is 3.04. The first-order chi connectivity index (χ1) is 11.2. The second kappa shape index (κ2) is 5.10. The van der Waals surface area contributed by atoms with Gasteiger partial charge >= 0.3 is 5.97 Å². The van der Waals surface area contributed by atoms with E-state index >= 15 is 0 Å². The maximum Gasteiger partial charge on any atom is 0.338 e. The summed E-state index contributed by atoms with van der Waals surface area (Å²) < 4.78 is 1.80. The van der Waals surface area contributed by atoms with Crippen LogP contribution in [0.3, 0.4) is 0 Å². The lowest BCUT2D eigenvalue weighted by Gasteiger charge is -2.11. The SMILES string of the molecule is O=C(O)c1ccn2c1c(Nc1ccccc1)nc1ccncc12. The Labute approximate surface area is 131 Å². The van der Waals surface area contributed by atoms with Crippen molar-refractivity contribution in [1.82, 2.24) is 14.4 Å². The first kappa shape index (κ1) is 13.3. The van der Waals surface area contributed by atoms with Crippen LogP contribution in [-0.2, 0) is 0 Å². The number of aromatic carboxylic acids is 1. The molecule has 3 heterocycles. The molecule has 0 spiro atoms. The molecule has 0 aliphatic rings. The number of nitrogens with zero attached hydrogens (tertiary/aromatic N) is 3. The van der Waals surface area contributed by atoms with E-state index in [1.54, 1.807) is 35.1 Å². The van der Waals surface area contributed by atoms with Crippen LogP contribution in [-0.4, -0.2) is 25.4 Å². The minimum Gasteiger partial charge on any atom is -0.478 e. The van der Waals surface area contributed by atoms with Gasteiger partial charge in [0.15, 0.2) is 5.82 Å². The van der Waals surface area contributed by atoms with Crippen molar-refractivity contribution in [1.29, 1.82) is 0 Å². The average molecular weight is 304 g/mol. The third kappa shape index (κ3) is 2.17. The van der Waals surface area contributed by atoms with E-state index in [4.69, 9.17) is 0 Å². The first-order valence-corrected chi connectivity index (χ1v) is 7.04. The number of rotatable bonds is 3. The molecule has 0 atom stereocenters. The molecule has 0 saturated carbocycles. The maximum absolute atomic E-state index is 11.5. The number of pyridine rings is 1. The van der Waals surface area contributed by atoms with Crippen molar-refractivity contribution in [3.63, 3.8) is 0 Å². The molecule has 112 valence electrons. The standard InChI is InChI=1S/C17H12N4O2/c22-17(23)12-7-9-21-14-10-18-8-6-13(14)20-16(15(12)21)19-11-4-2-1-3-5-11/h1-10H,(H,19,20)(H,22,23). The first-order valence-electron chi connectivity index (χ1n) is 7.04. The zero-order valence-corrected chi connectivity index (χ0v) is 12.0. The number of para-hydroxylation sites is 1. The van der Waals surface area contributed by atoms with Crippen molar-refractivity contribution >= 4 is 34.0 Å². The van der Waals surface area contributed by atoms with Crippen molar-refractivity contribution in [2.75, 3.05) is 5.32 Å². The number of anilines is 2. The van der Waals surface area contributed by atoms with Gasteiger partial charge in [0.2, 0.25) is 0 Å². The van der Waals surface area contributed by atoms with Gasteiger partial charge < -0.3 is 14.8 Å². The molecule has 0 saturated heterocycles. The Morgan fingerprint density at radius 3 is 2.74 bits per heavy atom. The number of carboxylic acids is 1. The van der Waals surface area contributed by atoms with E-state index < -0.39 is 5.97 Å². The van der Waals surface area contributed by atoms with Gasteiger partial charge in [0.1, 0.15) is 5.52 Å². The van der Waals surface area contributed by atoms with E-state index in [0.717, 1.165) is 16.7 Å². The summed E-state index contributed by atoms with van der Waals surface area (Å²) in [6.45, 7) is 0. The molecule has 23 heavy (non-hydrogen) atoms. The number of carboxylic acid groups (broad SMARTS) is 1. The van der Waals surface area contributed by atoms with Gasteiger partial charge in [-0.3, -0.25) is 4.98 Å². The molecule has 0 amide bonds. The monoisotopic (exact) mass is 304 g/mol. The van der Waals surface area contributed by atoms with Gasteiger partial charge in [0.25, 0.3) is 0 Å². The van der Waals surface area contributed by atoms with Crippen LogP contribution in [0.5, 0.6) is 0 Å². The number of nitrogens with one attached hydrogen (secondary N) is 1. The van der Waals surface area contributed by atoms with Crippen LogP contribution in [0.15, 0.2) is 61.1 Å². The molecule has 0 fully saturated rings. The summed E-state index contributed by atoms with van der Waals surface area (Å²) in [5, 5.41) is 12.7. The molecular formula is C17H12N4O2. The Morgan fingerprint density at radius 1 is 1.13 bits per heavy atom. The molecule has 1 aromatic carbocycles. The van der Waals surface area contributed by atoms with Gasteiger partial charge in [-0.15, -0.1) is 0 Å². The molecule has 2 N–H and O–H groups in total. The van der Waals surface area contributed by atoms with E-state index in [1.165, 1.54) is 0 Å². The Bertz CT molecular complexity index is 1020. The van der Waals surface area contributed by atoms with Crippen LogP contribution in [0.1, 0.15) is 10.4 Å². The predicted molar refractivity (Wildman–Crippen MR) is 87.2 cm³/mol. The van der Waals surface area contributed by atoms with Crippen LogP contribution in [0, 0.1) is 0 Å². The summed E-state index contributed by atoms with van der Waals surface area (Å²) in [4.78, 5) is 20.2. The summed E-state index contributed by atoms with van der Waals surface area (Å²) in [6.07, 6.45) is 5.06. The fourth-order valence-electron chi connectivity index (χ4n) is 2.62. The smallest absolute Gasteiger partial charge is 0.338 e. The molecule has 4 rings (SSSR count). The molecule has 0 aliphatic carbocycles. The maximum atomic E-state index is 11.5. The van der Waals surface area contributed by atoms with Gasteiger partial charge in [-0.05, 0) is 24.3 Å². The molecule has 6 heteroatoms. The van der Waals surface area contributed by atoms with Gasteiger partial charge in [-0.2, -0.15) is 0 Å². The average Bonchev–Trinajstić information content (AvgIpc) is 3.02. The summed E-state index contributed by atoms with van der Waals surface area (Å²) in [7, 11) is 0. The molecule has 6 nitrogen and oxygen atoms in total. The van der Waals surface area contributed by atoms with Gasteiger partial charge in [-0.25, -0.2) is 9.78 Å². The largest absolute Gasteiger partial charge is 0.478 e. The number of fused-ring (bicyclic) bond motifs is 3. The third-order valence-corrected chi connectivity index (χ3v) is 3.65. The molecular weight excluding hydrogens is 292 g/mol. The summed E-state index contributed by atoms with van der Waals surface area (Å²) >= 11 is 0. The minimum absolute atomic E-state index is 0.196. The van der Waals surface area contributed by atoms with Gasteiger partial charge in [0.05, 0.1) is 22.8 Å². The predicted octanol–water partition coefficient (Wildman–Crippen LogP) is 3.32. The van der Waals surface area contributed by atoms with E-state index in [0.29, 0.717) is 11.3 Å². The van der Waals surface area contributed by atoms with Crippen LogP contribution in [0.2, 0.25) is 0 Å². The molecule has 3 aromatic heterocycles. The quantitative estimate of drug-likeness (QED) is 0.607. The fourth-order valence-corrected chi connectivity index (χ4v) is 2.62. The fraction of sp³-hybridized carbons (Fsp3) is 0. The van der Waals surface area contributed by atoms with E-state index in [-0.39, 0.29) is 5.56 Å². The summed E-state index contributed by atoms with van der Waals surface area (Å²) in [5.74, 6) is -0.494. The van der Waals surface area contributed by atoms with Crippen molar-refractivity contribution < 1.29 is 9.90 Å². The molecule has 0 radical (unpaired) electrons. The van der Waals surface area contributed by atoms with Crippen molar-refractivity contribution in [3.8, 4) is 0 Å². The summed E-state index contributed by atoms with van der Waals surface area (Å²) in [6, 6.07) is 12.9. The van der Waals surface area contributed by atoms with Crippen LogP contribution >= 0.6 is 0 Å². The lowest BCUT2D eigenvalue weighted by Crippen LogP contribution is -2.03. The number of aromatic nitrogens is 3. The van der Waals surface area contributed by atoms with Gasteiger partial charge in [-0.1, -0.05) is 18.2 Å². The second-order valence-corrected chi connectivity index (χ2v) is 5.07. The lowest BCUT2D eigenvalue weighted by atomic mass is 10.2. The molecule has 0 unspecified atom stereocenters. The zero-order chi connectivity index (χ0) is 15.8. The zero-order valence-electron chi connectivity index (χ0n) is 12.0. The molecule has 0 aliphatic heterocycles. The normalized spacial score (nSPS) is 11.0. The van der Waals surface area contributed by atoms with E-state index in [1.807, 2.05) is 30.3 Å². The number of benzene rings is 1. The number of carbonyl (C=O) groups is 1. The minimum atomic E-state index is -0.992. The number of hydrogen-bond acceptors (Lipinski definition) is 4. The van der Waals surface area contributed by atoms with Gasteiger partial charge in [0, 0.05) is 18.1 Å². The van der Waals surface area contributed by atoms with Crippen molar-refractivity contribution in [2.45, 2.75) is 0 Å². The molecule has 0 bridgehead atoms. The highest BCUT2D eigenvalue weighted by atomic mass is 16.4. The highest BCUT2D eigenvalue weighted by Crippen LogP contribution is 2.27. The van der Waals surface area contributed by atoms with E-state index in [2.05, 4.69) is 15.3 Å². The second-order valence-electron chi connectivity index (χ2n) is 5.07. The Balaban J connectivity index is 2.03. The Hall–Kier alpha value is -3.41. The Morgan fingerprint density at radius 2 is 1.96 bits per heavy atom. The highest BCUT2D eigenvalue weighted by molar-refractivity contribution is 6.02. The number of hydrogen-bond donors (Lipinski definition) is 2. The Kier molecular flexibility index (Phi) is 2.94.